The molecule has 2 aliphatic rings. The van der Waals surface area contributed by atoms with Gasteiger partial charge in [0.15, 0.2) is 17.3 Å². The fraction of sp³-hybridized carbons (Fsp3) is 0.333. The minimum atomic E-state index is -2.50. The van der Waals surface area contributed by atoms with E-state index in [9.17, 15) is 15.2 Å². The first kappa shape index (κ1) is 34.0. The van der Waals surface area contributed by atoms with Crippen LogP contribution in [0.15, 0.2) is 47.2 Å². The molecule has 7 nitrogen and oxygen atoms in total. The summed E-state index contributed by atoms with van der Waals surface area (Å²) in [5.41, 5.74) is -0.572. The number of fused-ring (bicyclic) bond motifs is 2. The average Bonchev–Trinajstić information content (AvgIpc) is 2.92. The van der Waals surface area contributed by atoms with E-state index in [0.29, 0.717) is 11.1 Å². The van der Waals surface area contributed by atoms with Gasteiger partial charge in [-0.05, 0) is 50.7 Å². The highest BCUT2D eigenvalue weighted by Crippen LogP contribution is 2.47. The van der Waals surface area contributed by atoms with Gasteiger partial charge in [-0.1, -0.05) is 39.9 Å². The Morgan fingerprint density at radius 2 is 1.64 bits per heavy atom. The van der Waals surface area contributed by atoms with Gasteiger partial charge in [0.1, 0.15) is 28.0 Å². The highest BCUT2D eigenvalue weighted by atomic mass is 28.3. The maximum atomic E-state index is 16.8. The van der Waals surface area contributed by atoms with E-state index in [4.69, 9.17) is 9.59 Å². The summed E-state index contributed by atoms with van der Waals surface area (Å²) in [6, 6.07) is 7.52. The summed E-state index contributed by atoms with van der Waals surface area (Å²) in [5, 5.41) is 24.1. The van der Waals surface area contributed by atoms with Gasteiger partial charge in [-0.3, -0.25) is 0 Å². The summed E-state index contributed by atoms with van der Waals surface area (Å²) in [4.78, 5) is 30.6. The second kappa shape index (κ2) is 12.2. The zero-order chi connectivity index (χ0) is 33.5. The molecule has 0 amide bonds. The Morgan fingerprint density at radius 1 is 1.05 bits per heavy atom. The van der Waals surface area contributed by atoms with Crippen molar-refractivity contribution < 1.29 is 37.2 Å². The molecule has 230 valence electrons. The minimum Gasteiger partial charge on any atom is -0.545 e. The van der Waals surface area contributed by atoms with E-state index in [-0.39, 0.29) is 11.7 Å². The van der Waals surface area contributed by atoms with Gasteiger partial charge < -0.3 is 14.8 Å². The third-order valence-corrected chi connectivity index (χ3v) is 11.5. The molecule has 1 unspecified atom stereocenters. The molecule has 0 fully saturated rings. The number of carboxylic acids is 1. The smallest absolute Gasteiger partial charge is 0.373 e. The van der Waals surface area contributed by atoms with Crippen molar-refractivity contribution in [1.82, 2.24) is 0 Å². The van der Waals surface area contributed by atoms with Crippen molar-refractivity contribution in [3.05, 3.63) is 86.9 Å². The SMILES string of the molecule is CN(C)c1ccc2c(c1)[Si](C)(C)C1=CC(=[N+](C)C)C=CC1=C2c1c(F)c(C(C#N)C(C)(C)C)c(F)c(F)c1C(=O)[O-].O=C=O. The van der Waals surface area contributed by atoms with Crippen molar-refractivity contribution >= 4 is 42.4 Å². The largest absolute Gasteiger partial charge is 0.545 e. The lowest BCUT2D eigenvalue weighted by Crippen LogP contribution is -2.50. The predicted octanol–water partition coefficient (Wildman–Crippen LogP) is 4.08. The molecule has 0 bridgehead atoms. The molecule has 0 N–H and O–H groups in total. The topological polar surface area (TPSA) is 104 Å². The lowest BCUT2D eigenvalue weighted by molar-refractivity contribution is -0.462. The Kier molecular flexibility index (Phi) is 9.44. The number of anilines is 1. The molecule has 0 saturated carbocycles. The maximum Gasteiger partial charge on any atom is 0.373 e. The first-order valence-electron chi connectivity index (χ1n) is 13.7. The fourth-order valence-corrected chi connectivity index (χ4v) is 8.77. The second-order valence-electron chi connectivity index (χ2n) is 12.7. The number of aromatic carboxylic acids is 1. The van der Waals surface area contributed by atoms with Crippen LogP contribution in [0.25, 0.3) is 5.57 Å². The number of nitrogens with zero attached hydrogens (tertiary/aromatic N) is 3. The molecule has 0 aromatic heterocycles. The van der Waals surface area contributed by atoms with Crippen molar-refractivity contribution in [2.24, 2.45) is 5.41 Å². The number of halogens is 3. The van der Waals surface area contributed by atoms with Gasteiger partial charge in [-0.25, -0.2) is 17.7 Å². The number of benzene rings is 2. The maximum absolute atomic E-state index is 16.8. The molecule has 11 heteroatoms. The number of allylic oxidation sites excluding steroid dienone is 5. The van der Waals surface area contributed by atoms with Gasteiger partial charge in [0, 0.05) is 48.6 Å². The lowest BCUT2D eigenvalue weighted by atomic mass is 9.75. The van der Waals surface area contributed by atoms with Crippen molar-refractivity contribution in [3.63, 3.8) is 0 Å². The number of carbonyl (C=O) groups excluding carboxylic acids is 3. The van der Waals surface area contributed by atoms with E-state index in [2.05, 4.69) is 13.1 Å². The molecule has 1 atom stereocenters. The van der Waals surface area contributed by atoms with Crippen LogP contribution in [0, 0.1) is 34.2 Å². The summed E-state index contributed by atoms with van der Waals surface area (Å²) in [5.74, 6) is -8.14. The van der Waals surface area contributed by atoms with Crippen molar-refractivity contribution in [1.29, 1.82) is 5.26 Å². The molecular weight excluding hydrogens is 587 g/mol. The van der Waals surface area contributed by atoms with Gasteiger partial charge in [0.2, 0.25) is 0 Å². The van der Waals surface area contributed by atoms with Crippen LogP contribution in [0.5, 0.6) is 0 Å². The summed E-state index contributed by atoms with van der Waals surface area (Å²) in [7, 11) is 5.08. The molecule has 1 heterocycles. The van der Waals surface area contributed by atoms with Crippen LogP contribution in [0.3, 0.4) is 0 Å². The molecule has 4 rings (SSSR count). The van der Waals surface area contributed by atoms with E-state index in [1.807, 2.05) is 68.0 Å². The number of hydrogen-bond acceptors (Lipinski definition) is 6. The monoisotopic (exact) mass is 621 g/mol. The third kappa shape index (κ3) is 5.71. The van der Waals surface area contributed by atoms with Crippen molar-refractivity contribution in [3.8, 4) is 6.07 Å². The van der Waals surface area contributed by atoms with Gasteiger partial charge in [-0.2, -0.15) is 14.9 Å². The van der Waals surface area contributed by atoms with E-state index in [1.54, 1.807) is 32.9 Å². The van der Waals surface area contributed by atoms with Crippen molar-refractivity contribution in [2.45, 2.75) is 39.8 Å². The number of carboxylic acid groups (broad SMARTS) is 1. The molecule has 2 aromatic carbocycles. The first-order chi connectivity index (χ1) is 20.4. The Balaban J connectivity index is 0.00000169. The van der Waals surface area contributed by atoms with Crippen LogP contribution in [-0.2, 0) is 9.59 Å². The molecule has 1 aliphatic heterocycles. The Bertz CT molecular complexity index is 1760. The zero-order valence-electron chi connectivity index (χ0n) is 26.1. The molecule has 0 spiro atoms. The highest BCUT2D eigenvalue weighted by Gasteiger charge is 2.43. The van der Waals surface area contributed by atoms with Gasteiger partial charge in [0.05, 0.1) is 18.0 Å². The second-order valence-corrected chi connectivity index (χ2v) is 17.0. The van der Waals surface area contributed by atoms with Gasteiger partial charge >= 0.3 is 6.15 Å². The molecule has 0 saturated heterocycles. The lowest BCUT2D eigenvalue weighted by Gasteiger charge is -2.39. The van der Waals surface area contributed by atoms with Crippen molar-refractivity contribution in [2.75, 3.05) is 33.1 Å². The predicted molar refractivity (Wildman–Crippen MR) is 162 cm³/mol. The first-order valence-corrected chi connectivity index (χ1v) is 16.7. The van der Waals surface area contributed by atoms with Crippen LogP contribution < -0.4 is 15.2 Å². The number of rotatable bonds is 4. The molecule has 0 radical (unpaired) electrons. The Labute approximate surface area is 255 Å². The molecule has 44 heavy (non-hydrogen) atoms. The van der Waals surface area contributed by atoms with E-state index >= 15 is 13.2 Å². The zero-order valence-corrected chi connectivity index (χ0v) is 27.1. The summed E-state index contributed by atoms with van der Waals surface area (Å²) in [6.07, 6.45) is 5.85. The van der Waals surface area contributed by atoms with Crippen LogP contribution >= 0.6 is 0 Å². The van der Waals surface area contributed by atoms with Crippen LogP contribution in [0.2, 0.25) is 13.1 Å². The molecule has 2 aromatic rings. The summed E-state index contributed by atoms with van der Waals surface area (Å²) in [6.45, 7) is 9.14. The number of carbonyl (C=O) groups is 1. The van der Waals surface area contributed by atoms with E-state index < -0.39 is 59.5 Å². The van der Waals surface area contributed by atoms with Crippen LogP contribution in [0.1, 0.15) is 53.7 Å². The quantitative estimate of drug-likeness (QED) is 0.290. The third-order valence-electron chi connectivity index (χ3n) is 8.02. The Hall–Kier alpha value is -4.52. The summed E-state index contributed by atoms with van der Waals surface area (Å²) >= 11 is 0. The van der Waals surface area contributed by atoms with Crippen LogP contribution in [-0.4, -0.2) is 58.7 Å². The minimum absolute atomic E-state index is 0.139. The normalized spacial score (nSPS) is 15.5. The van der Waals surface area contributed by atoms with Gasteiger partial charge in [-0.15, -0.1) is 0 Å². The van der Waals surface area contributed by atoms with Crippen LogP contribution in [0.4, 0.5) is 18.9 Å². The Morgan fingerprint density at radius 3 is 2.11 bits per heavy atom. The molecule has 1 aliphatic carbocycles. The standard InChI is InChI=1S/C32H34F3N3O2Si.CO2/c1-32(2,3)21(16-36)25-28(33)26(27(31(39)40)30(35)29(25)34)24-19-12-10-17(37(4)5)14-22(19)41(8,9)23-15-18(38(6)7)11-13-20(23)24;2-1-3/h10-15,21H,1-9H3;. The summed E-state index contributed by atoms with van der Waals surface area (Å²) < 4.78 is 50.0. The highest BCUT2D eigenvalue weighted by molar-refractivity contribution is 6.98. The van der Waals surface area contributed by atoms with Gasteiger partial charge in [0.25, 0.3) is 0 Å². The number of nitriles is 1. The molecular formula is C33H34F3N3O4Si. The average molecular weight is 622 g/mol. The van der Waals surface area contributed by atoms with E-state index in [1.165, 1.54) is 0 Å². The number of hydrogen-bond donors (Lipinski definition) is 0. The van der Waals surface area contributed by atoms with E-state index in [0.717, 1.165) is 21.8 Å². The fourth-order valence-electron chi connectivity index (χ4n) is 5.70.